The van der Waals surface area contributed by atoms with Crippen LogP contribution in [0.15, 0.2) is 48.9 Å². The van der Waals surface area contributed by atoms with Crippen LogP contribution in [-0.4, -0.2) is 40.8 Å². The van der Waals surface area contributed by atoms with Gasteiger partial charge in [0.15, 0.2) is 5.65 Å². The lowest BCUT2D eigenvalue weighted by Gasteiger charge is -1.98. The van der Waals surface area contributed by atoms with Crippen molar-refractivity contribution in [1.82, 2.24) is 29.7 Å². The maximum absolute atomic E-state index is 10.9. The fraction of sp³-hybridized carbons (Fsp3) is 0. The Hall–Kier alpha value is -3.55. The number of carbonyl (C=O) groups is 1. The van der Waals surface area contributed by atoms with Gasteiger partial charge in [-0.05, 0) is 5.56 Å². The van der Waals surface area contributed by atoms with E-state index in [9.17, 15) is 4.79 Å². The van der Waals surface area contributed by atoms with E-state index in [1.165, 1.54) is 10.9 Å². The van der Waals surface area contributed by atoms with E-state index in [0.29, 0.717) is 17.1 Å². The van der Waals surface area contributed by atoms with E-state index in [4.69, 9.17) is 5.11 Å². The number of H-pyrrole nitrogens is 1. The summed E-state index contributed by atoms with van der Waals surface area (Å²) in [4.78, 5) is 25.9. The third-order valence-corrected chi connectivity index (χ3v) is 3.32. The van der Waals surface area contributed by atoms with Crippen molar-refractivity contribution in [2.24, 2.45) is 0 Å². The number of imidazole rings is 1. The fourth-order valence-electron chi connectivity index (χ4n) is 2.22. The molecular formula is C15H10N6O2. The zero-order valence-corrected chi connectivity index (χ0v) is 11.7. The van der Waals surface area contributed by atoms with Crippen LogP contribution < -0.4 is 0 Å². The van der Waals surface area contributed by atoms with Crippen molar-refractivity contribution < 1.29 is 9.90 Å². The molecule has 0 amide bonds. The number of aromatic nitrogens is 6. The average molecular weight is 306 g/mol. The number of hydrogen-bond acceptors (Lipinski definition) is 5. The van der Waals surface area contributed by atoms with Crippen LogP contribution in [0.5, 0.6) is 0 Å². The molecule has 112 valence electrons. The summed E-state index contributed by atoms with van der Waals surface area (Å²) in [7, 11) is 0. The van der Waals surface area contributed by atoms with Crippen LogP contribution in [-0.2, 0) is 0 Å². The van der Waals surface area contributed by atoms with Crippen LogP contribution in [0.4, 0.5) is 0 Å². The molecule has 8 heteroatoms. The number of carboxylic acid groups (broad SMARTS) is 1. The highest BCUT2D eigenvalue weighted by Gasteiger charge is 2.12. The van der Waals surface area contributed by atoms with Crippen molar-refractivity contribution in [3.63, 3.8) is 0 Å². The van der Waals surface area contributed by atoms with Gasteiger partial charge in [-0.25, -0.2) is 19.4 Å². The van der Waals surface area contributed by atoms with Gasteiger partial charge in [0.25, 0.3) is 5.95 Å². The molecule has 0 saturated carbocycles. The third-order valence-electron chi connectivity index (χ3n) is 3.32. The van der Waals surface area contributed by atoms with Crippen LogP contribution in [0.1, 0.15) is 10.6 Å². The molecule has 1 aromatic carbocycles. The van der Waals surface area contributed by atoms with Crippen molar-refractivity contribution in [2.75, 3.05) is 0 Å². The molecule has 0 aliphatic carbocycles. The number of hydrogen-bond donors (Lipinski definition) is 2. The molecule has 0 atom stereocenters. The van der Waals surface area contributed by atoms with E-state index in [1.54, 1.807) is 6.20 Å². The number of nitrogens with one attached hydrogen (secondary N) is 1. The normalized spacial score (nSPS) is 11.0. The number of carboxylic acids is 1. The lowest BCUT2D eigenvalue weighted by molar-refractivity contribution is 0.0685. The Morgan fingerprint density at radius 3 is 2.70 bits per heavy atom. The van der Waals surface area contributed by atoms with Crippen LogP contribution in [0, 0.1) is 0 Å². The number of benzene rings is 1. The van der Waals surface area contributed by atoms with Crippen LogP contribution >= 0.6 is 0 Å². The monoisotopic (exact) mass is 306 g/mol. The molecule has 0 saturated heterocycles. The minimum absolute atomic E-state index is 0.170. The maximum atomic E-state index is 10.9. The highest BCUT2D eigenvalue weighted by molar-refractivity contribution is 5.87. The quantitative estimate of drug-likeness (QED) is 0.598. The van der Waals surface area contributed by atoms with Crippen molar-refractivity contribution in [3.8, 4) is 17.1 Å². The molecule has 0 spiro atoms. The molecule has 8 nitrogen and oxygen atoms in total. The summed E-state index contributed by atoms with van der Waals surface area (Å²) in [6, 6.07) is 9.82. The maximum Gasteiger partial charge on any atom is 0.371 e. The van der Waals surface area contributed by atoms with Gasteiger partial charge in [-0.2, -0.15) is 10.1 Å². The van der Waals surface area contributed by atoms with E-state index in [1.807, 2.05) is 36.5 Å². The predicted octanol–water partition coefficient (Wildman–Crippen LogP) is 1.90. The summed E-state index contributed by atoms with van der Waals surface area (Å²) >= 11 is 0. The summed E-state index contributed by atoms with van der Waals surface area (Å²) in [6.07, 6.45) is 4.99. The zero-order chi connectivity index (χ0) is 15.8. The minimum Gasteiger partial charge on any atom is -0.475 e. The highest BCUT2D eigenvalue weighted by atomic mass is 16.4. The van der Waals surface area contributed by atoms with Crippen LogP contribution in [0.2, 0.25) is 0 Å². The van der Waals surface area contributed by atoms with Crippen molar-refractivity contribution in [2.45, 2.75) is 0 Å². The van der Waals surface area contributed by atoms with Crippen molar-refractivity contribution in [3.05, 3.63) is 54.7 Å². The van der Waals surface area contributed by atoms with Gasteiger partial charge in [0.05, 0.1) is 12.4 Å². The molecular weight excluding hydrogens is 296 g/mol. The van der Waals surface area contributed by atoms with E-state index in [2.05, 4.69) is 25.0 Å². The molecule has 0 radical (unpaired) electrons. The van der Waals surface area contributed by atoms with E-state index >= 15 is 0 Å². The Morgan fingerprint density at radius 1 is 1.09 bits per heavy atom. The minimum atomic E-state index is -1.14. The van der Waals surface area contributed by atoms with Gasteiger partial charge in [-0.3, -0.25) is 0 Å². The highest BCUT2D eigenvalue weighted by Crippen LogP contribution is 2.19. The van der Waals surface area contributed by atoms with Crippen LogP contribution in [0.3, 0.4) is 0 Å². The van der Waals surface area contributed by atoms with Gasteiger partial charge < -0.3 is 10.1 Å². The van der Waals surface area contributed by atoms with Crippen LogP contribution in [0.25, 0.3) is 28.2 Å². The summed E-state index contributed by atoms with van der Waals surface area (Å²) in [5.74, 6) is -0.979. The first-order valence-electron chi connectivity index (χ1n) is 6.77. The molecule has 0 fully saturated rings. The number of rotatable bonds is 3. The second-order valence-corrected chi connectivity index (χ2v) is 4.83. The number of aromatic amines is 1. The number of aromatic carboxylic acids is 1. The topological polar surface area (TPSA) is 110 Å². The first-order chi connectivity index (χ1) is 11.2. The first kappa shape index (κ1) is 13.1. The molecule has 0 bridgehead atoms. The molecule has 0 aliphatic heterocycles. The van der Waals surface area contributed by atoms with E-state index in [-0.39, 0.29) is 5.82 Å². The lowest BCUT2D eigenvalue weighted by Crippen LogP contribution is -2.01. The standard InChI is InChI=1S/C15H10N6O2/c22-14(23)13-18-11-7-16-15(20-12(11)19-13)21-8-10(6-17-21)9-4-2-1-3-5-9/h1-8H,(H,22,23)(H,16,18,19,20). The van der Waals surface area contributed by atoms with Gasteiger partial charge in [-0.1, -0.05) is 30.3 Å². The van der Waals surface area contributed by atoms with Crippen molar-refractivity contribution in [1.29, 1.82) is 0 Å². The zero-order valence-electron chi connectivity index (χ0n) is 11.7. The first-order valence-corrected chi connectivity index (χ1v) is 6.77. The Bertz CT molecular complexity index is 1010. The molecule has 2 N–H and O–H groups in total. The predicted molar refractivity (Wildman–Crippen MR) is 81.2 cm³/mol. The fourth-order valence-corrected chi connectivity index (χ4v) is 2.22. The molecule has 0 aliphatic rings. The number of fused-ring (bicyclic) bond motifs is 1. The Kier molecular flexibility index (Phi) is 2.87. The Labute approximate surface area is 129 Å². The summed E-state index contributed by atoms with van der Waals surface area (Å²) in [6.45, 7) is 0. The molecule has 3 heterocycles. The Balaban J connectivity index is 1.74. The summed E-state index contributed by atoms with van der Waals surface area (Å²) in [5, 5.41) is 13.2. The third kappa shape index (κ3) is 2.31. The van der Waals surface area contributed by atoms with Gasteiger partial charge in [-0.15, -0.1) is 0 Å². The molecule has 4 aromatic rings. The number of nitrogens with zero attached hydrogens (tertiary/aromatic N) is 5. The molecule has 4 rings (SSSR count). The largest absolute Gasteiger partial charge is 0.475 e. The van der Waals surface area contributed by atoms with Gasteiger partial charge >= 0.3 is 5.97 Å². The average Bonchev–Trinajstić information content (AvgIpc) is 3.22. The summed E-state index contributed by atoms with van der Waals surface area (Å²) < 4.78 is 1.53. The van der Waals surface area contributed by atoms with Gasteiger partial charge in [0.2, 0.25) is 5.82 Å². The van der Waals surface area contributed by atoms with Gasteiger partial charge in [0, 0.05) is 11.8 Å². The van der Waals surface area contributed by atoms with Gasteiger partial charge in [0.1, 0.15) is 5.52 Å². The van der Waals surface area contributed by atoms with E-state index in [0.717, 1.165) is 11.1 Å². The second kappa shape index (κ2) is 5.02. The second-order valence-electron chi connectivity index (χ2n) is 4.83. The molecule has 23 heavy (non-hydrogen) atoms. The van der Waals surface area contributed by atoms with E-state index < -0.39 is 5.97 Å². The lowest BCUT2D eigenvalue weighted by atomic mass is 10.1. The summed E-state index contributed by atoms with van der Waals surface area (Å²) in [5.41, 5.74) is 2.71. The Morgan fingerprint density at radius 2 is 1.91 bits per heavy atom. The molecule has 0 unspecified atom stereocenters. The SMILES string of the molecule is O=C(O)c1nc2cnc(-n3cc(-c4ccccc4)cn3)nc2[nH]1. The van der Waals surface area contributed by atoms with Crippen molar-refractivity contribution >= 4 is 17.1 Å². The molecule has 3 aromatic heterocycles. The smallest absolute Gasteiger partial charge is 0.371 e.